The molecule has 6 N–H and O–H groups in total. The van der Waals surface area contributed by atoms with Crippen molar-refractivity contribution in [3.63, 3.8) is 0 Å². The normalized spacial score (nSPS) is 13.2. The molecular weight excluding hydrogens is 208 g/mol. The van der Waals surface area contributed by atoms with E-state index >= 15 is 0 Å². The highest BCUT2D eigenvalue weighted by molar-refractivity contribution is 5.75. The van der Waals surface area contributed by atoms with E-state index in [0.717, 1.165) is 0 Å². The molecule has 1 atom stereocenters. The first-order chi connectivity index (χ1) is 7.22. The Hall–Kier alpha value is -1.30. The highest BCUT2D eigenvalue weighted by Crippen LogP contribution is 2.06. The minimum absolute atomic E-state index is 0.0376. The van der Waals surface area contributed by atoms with Crippen molar-refractivity contribution in [1.82, 2.24) is 5.32 Å². The summed E-state index contributed by atoms with van der Waals surface area (Å²) in [7, 11) is 0. The van der Waals surface area contributed by atoms with Crippen molar-refractivity contribution >= 4 is 11.9 Å². The van der Waals surface area contributed by atoms with E-state index < -0.39 is 12.0 Å². The summed E-state index contributed by atoms with van der Waals surface area (Å²) in [6.07, 6.45) is 1.14. The molecule has 94 valence electrons. The van der Waals surface area contributed by atoms with Crippen molar-refractivity contribution in [2.75, 3.05) is 6.54 Å². The number of rotatable bonds is 6. The van der Waals surface area contributed by atoms with Gasteiger partial charge in [-0.05, 0) is 33.6 Å². The summed E-state index contributed by atoms with van der Waals surface area (Å²) in [4.78, 5) is 14.8. The molecule has 0 aliphatic carbocycles. The highest BCUT2D eigenvalue weighted by Gasteiger charge is 2.22. The summed E-state index contributed by atoms with van der Waals surface area (Å²) in [5.74, 6) is -0.810. The lowest BCUT2D eigenvalue weighted by atomic mass is 10.0. The Morgan fingerprint density at radius 3 is 2.38 bits per heavy atom. The average Bonchev–Trinajstić information content (AvgIpc) is 2.07. The fourth-order valence-corrected chi connectivity index (χ4v) is 1.28. The van der Waals surface area contributed by atoms with Gasteiger partial charge in [0.1, 0.15) is 6.04 Å². The number of carboxylic acid groups (broad SMARTS) is 1. The summed E-state index contributed by atoms with van der Waals surface area (Å²) < 4.78 is 0. The van der Waals surface area contributed by atoms with Crippen molar-refractivity contribution < 1.29 is 9.90 Å². The molecule has 0 rings (SSSR count). The fraction of sp³-hybridized carbons (Fsp3) is 0.800. The molecule has 0 heterocycles. The third-order valence-electron chi connectivity index (χ3n) is 1.85. The van der Waals surface area contributed by atoms with E-state index in [4.69, 9.17) is 16.6 Å². The van der Waals surface area contributed by atoms with Gasteiger partial charge in [-0.1, -0.05) is 0 Å². The van der Waals surface area contributed by atoms with Crippen LogP contribution in [0.4, 0.5) is 0 Å². The number of aliphatic imine (C=N–C) groups is 1. The molecule has 0 aliphatic heterocycles. The number of guanidine groups is 1. The zero-order valence-electron chi connectivity index (χ0n) is 10.2. The lowest BCUT2D eigenvalue weighted by Crippen LogP contribution is -2.47. The largest absolute Gasteiger partial charge is 0.480 e. The predicted molar refractivity (Wildman–Crippen MR) is 64.2 cm³/mol. The van der Waals surface area contributed by atoms with Gasteiger partial charge in [-0.2, -0.15) is 0 Å². The maximum Gasteiger partial charge on any atom is 0.320 e. The molecule has 0 amide bonds. The highest BCUT2D eigenvalue weighted by atomic mass is 16.4. The molecule has 0 fully saturated rings. The molecule has 0 aliphatic rings. The quantitative estimate of drug-likeness (QED) is 0.288. The van der Waals surface area contributed by atoms with Gasteiger partial charge in [0.2, 0.25) is 0 Å². The number of aliphatic carboxylic acids is 1. The van der Waals surface area contributed by atoms with Gasteiger partial charge in [0.25, 0.3) is 0 Å². The number of nitrogens with one attached hydrogen (secondary N) is 1. The first kappa shape index (κ1) is 14.7. The Bertz CT molecular complexity index is 254. The van der Waals surface area contributed by atoms with Crippen LogP contribution in [-0.4, -0.2) is 35.2 Å². The number of carboxylic acids is 1. The van der Waals surface area contributed by atoms with E-state index in [2.05, 4.69) is 10.3 Å². The molecule has 0 aromatic heterocycles. The molecule has 6 nitrogen and oxygen atoms in total. The van der Waals surface area contributed by atoms with Gasteiger partial charge in [-0.25, -0.2) is 0 Å². The third-order valence-corrected chi connectivity index (χ3v) is 1.85. The van der Waals surface area contributed by atoms with Gasteiger partial charge in [0.05, 0.1) is 0 Å². The molecule has 0 aromatic carbocycles. The molecule has 6 heteroatoms. The number of hydrogen-bond acceptors (Lipinski definition) is 3. The molecule has 0 saturated heterocycles. The Labute approximate surface area is 96.1 Å². The lowest BCUT2D eigenvalue weighted by Gasteiger charge is -2.25. The van der Waals surface area contributed by atoms with Gasteiger partial charge in [0, 0.05) is 12.1 Å². The summed E-state index contributed by atoms with van der Waals surface area (Å²) in [5.41, 5.74) is 10.1. The Kier molecular flexibility index (Phi) is 5.81. The average molecular weight is 230 g/mol. The van der Waals surface area contributed by atoms with Crippen molar-refractivity contribution in [3.05, 3.63) is 0 Å². The second-order valence-corrected chi connectivity index (χ2v) is 4.73. The number of nitrogens with two attached hydrogens (primary N) is 2. The van der Waals surface area contributed by atoms with Crippen LogP contribution in [0.1, 0.15) is 33.6 Å². The van der Waals surface area contributed by atoms with Crippen molar-refractivity contribution in [2.45, 2.75) is 45.2 Å². The molecule has 0 saturated carbocycles. The maximum absolute atomic E-state index is 11.0. The molecule has 0 spiro atoms. The molecule has 0 radical (unpaired) electrons. The SMILES string of the molecule is CC(C)(C)NC(CCCN=C(N)N)C(=O)O. The van der Waals surface area contributed by atoms with E-state index in [9.17, 15) is 4.79 Å². The minimum Gasteiger partial charge on any atom is -0.480 e. The third kappa shape index (κ3) is 8.05. The van der Waals surface area contributed by atoms with Crippen LogP contribution >= 0.6 is 0 Å². The van der Waals surface area contributed by atoms with Crippen LogP contribution in [0.2, 0.25) is 0 Å². The van der Waals surface area contributed by atoms with E-state index in [-0.39, 0.29) is 11.5 Å². The van der Waals surface area contributed by atoms with Crippen LogP contribution in [0, 0.1) is 0 Å². The van der Waals surface area contributed by atoms with Gasteiger partial charge in [-0.15, -0.1) is 0 Å². The zero-order chi connectivity index (χ0) is 12.8. The Morgan fingerprint density at radius 1 is 1.44 bits per heavy atom. The van der Waals surface area contributed by atoms with Crippen LogP contribution in [0.15, 0.2) is 4.99 Å². The second-order valence-electron chi connectivity index (χ2n) is 4.73. The number of hydrogen-bond donors (Lipinski definition) is 4. The van der Waals surface area contributed by atoms with E-state index in [1.165, 1.54) is 0 Å². The monoisotopic (exact) mass is 230 g/mol. The van der Waals surface area contributed by atoms with E-state index in [1.54, 1.807) is 0 Å². The molecule has 0 bridgehead atoms. The van der Waals surface area contributed by atoms with Gasteiger partial charge in [-0.3, -0.25) is 15.1 Å². The minimum atomic E-state index is -0.848. The maximum atomic E-state index is 11.0. The molecular formula is C10H22N4O2. The van der Waals surface area contributed by atoms with Crippen LogP contribution in [0.25, 0.3) is 0 Å². The van der Waals surface area contributed by atoms with Crippen LogP contribution in [-0.2, 0) is 4.79 Å². The van der Waals surface area contributed by atoms with Crippen LogP contribution in [0.3, 0.4) is 0 Å². The summed E-state index contributed by atoms with van der Waals surface area (Å²) >= 11 is 0. The standard InChI is InChI=1S/C10H22N4O2/c1-10(2,3)14-7(8(15)16)5-4-6-13-9(11)12/h7,14H,4-6H2,1-3H3,(H,15,16)(H4,11,12,13). The Morgan fingerprint density at radius 2 is 2.00 bits per heavy atom. The molecule has 0 aromatic rings. The topological polar surface area (TPSA) is 114 Å². The summed E-state index contributed by atoms with van der Waals surface area (Å²) in [5, 5.41) is 12.0. The Balaban J connectivity index is 4.06. The first-order valence-electron chi connectivity index (χ1n) is 5.28. The number of nitrogens with zero attached hydrogens (tertiary/aromatic N) is 1. The molecule has 16 heavy (non-hydrogen) atoms. The predicted octanol–water partition coefficient (Wildman–Crippen LogP) is -0.119. The van der Waals surface area contributed by atoms with Gasteiger partial charge in [0.15, 0.2) is 5.96 Å². The summed E-state index contributed by atoms with van der Waals surface area (Å²) in [6.45, 7) is 6.24. The van der Waals surface area contributed by atoms with E-state index in [1.807, 2.05) is 20.8 Å². The van der Waals surface area contributed by atoms with Gasteiger partial charge < -0.3 is 16.6 Å². The van der Waals surface area contributed by atoms with Crippen LogP contribution in [0.5, 0.6) is 0 Å². The van der Waals surface area contributed by atoms with Gasteiger partial charge >= 0.3 is 5.97 Å². The van der Waals surface area contributed by atoms with Crippen molar-refractivity contribution in [3.8, 4) is 0 Å². The van der Waals surface area contributed by atoms with Crippen molar-refractivity contribution in [2.24, 2.45) is 16.5 Å². The first-order valence-corrected chi connectivity index (χ1v) is 5.28. The van der Waals surface area contributed by atoms with E-state index in [0.29, 0.717) is 19.4 Å². The summed E-state index contributed by atoms with van der Waals surface area (Å²) in [6, 6.07) is -0.561. The lowest BCUT2D eigenvalue weighted by molar-refractivity contribution is -0.140. The number of carbonyl (C=O) groups is 1. The molecule has 1 unspecified atom stereocenters. The second kappa shape index (κ2) is 6.32. The zero-order valence-corrected chi connectivity index (χ0v) is 10.2. The smallest absolute Gasteiger partial charge is 0.320 e. The van der Waals surface area contributed by atoms with Crippen LogP contribution < -0.4 is 16.8 Å². The fourth-order valence-electron chi connectivity index (χ4n) is 1.28. The van der Waals surface area contributed by atoms with Crippen molar-refractivity contribution in [1.29, 1.82) is 0 Å².